The SMILES string of the molecule is COc1ccc(N2N=C3c4ccccc4SCCC3CC2=O)cc1. The van der Waals surface area contributed by atoms with Crippen molar-refractivity contribution in [1.82, 2.24) is 0 Å². The summed E-state index contributed by atoms with van der Waals surface area (Å²) in [4.78, 5) is 13.9. The third-order valence-electron chi connectivity index (χ3n) is 4.46. The summed E-state index contributed by atoms with van der Waals surface area (Å²) in [5, 5.41) is 6.30. The van der Waals surface area contributed by atoms with E-state index in [0.717, 1.165) is 34.9 Å². The molecule has 2 aliphatic heterocycles. The topological polar surface area (TPSA) is 41.9 Å². The van der Waals surface area contributed by atoms with Crippen molar-refractivity contribution in [3.05, 3.63) is 54.1 Å². The monoisotopic (exact) mass is 338 g/mol. The zero-order valence-electron chi connectivity index (χ0n) is 13.4. The highest BCUT2D eigenvalue weighted by Crippen LogP contribution is 2.36. The van der Waals surface area contributed by atoms with E-state index < -0.39 is 0 Å². The third-order valence-corrected chi connectivity index (χ3v) is 5.56. The van der Waals surface area contributed by atoms with E-state index in [1.165, 1.54) is 9.90 Å². The summed E-state index contributed by atoms with van der Waals surface area (Å²) in [6.07, 6.45) is 1.50. The minimum atomic E-state index is 0.0540. The Morgan fingerprint density at radius 3 is 2.75 bits per heavy atom. The molecular formula is C19H18N2O2S. The molecule has 0 N–H and O–H groups in total. The van der Waals surface area contributed by atoms with E-state index in [0.29, 0.717) is 6.42 Å². The molecule has 0 radical (unpaired) electrons. The van der Waals surface area contributed by atoms with Gasteiger partial charge in [0.1, 0.15) is 5.75 Å². The maximum Gasteiger partial charge on any atom is 0.248 e. The predicted octanol–water partition coefficient (Wildman–Crippen LogP) is 3.95. The smallest absolute Gasteiger partial charge is 0.248 e. The second-order valence-electron chi connectivity index (χ2n) is 5.92. The lowest BCUT2D eigenvalue weighted by Gasteiger charge is -2.28. The van der Waals surface area contributed by atoms with Crippen LogP contribution in [0.15, 0.2) is 58.5 Å². The Kier molecular flexibility index (Phi) is 4.02. The molecule has 122 valence electrons. The summed E-state index contributed by atoms with van der Waals surface area (Å²) >= 11 is 1.85. The lowest BCUT2D eigenvalue weighted by atomic mass is 9.90. The lowest BCUT2D eigenvalue weighted by molar-refractivity contribution is -0.119. The number of carbonyl (C=O) groups excluding carboxylic acids is 1. The number of amides is 1. The Morgan fingerprint density at radius 1 is 1.17 bits per heavy atom. The molecule has 4 nitrogen and oxygen atoms in total. The maximum absolute atomic E-state index is 12.6. The van der Waals surface area contributed by atoms with Gasteiger partial charge < -0.3 is 4.74 Å². The quantitative estimate of drug-likeness (QED) is 0.833. The average molecular weight is 338 g/mol. The number of carbonyl (C=O) groups is 1. The number of hydrogen-bond donors (Lipinski definition) is 0. The van der Waals surface area contributed by atoms with Crippen LogP contribution >= 0.6 is 11.8 Å². The van der Waals surface area contributed by atoms with Crippen molar-refractivity contribution in [3.63, 3.8) is 0 Å². The zero-order valence-corrected chi connectivity index (χ0v) is 14.3. The highest BCUT2D eigenvalue weighted by Gasteiger charge is 2.33. The van der Waals surface area contributed by atoms with Gasteiger partial charge in [0.05, 0.1) is 18.5 Å². The molecule has 24 heavy (non-hydrogen) atoms. The first kappa shape index (κ1) is 15.3. The normalized spacial score (nSPS) is 19.9. The molecule has 2 aromatic carbocycles. The number of methoxy groups -OCH3 is 1. The van der Waals surface area contributed by atoms with Gasteiger partial charge in [0.2, 0.25) is 5.91 Å². The molecule has 2 aliphatic rings. The van der Waals surface area contributed by atoms with Gasteiger partial charge in [-0.15, -0.1) is 11.8 Å². The first-order valence-corrected chi connectivity index (χ1v) is 9.02. The minimum Gasteiger partial charge on any atom is -0.497 e. The van der Waals surface area contributed by atoms with Crippen molar-refractivity contribution in [1.29, 1.82) is 0 Å². The van der Waals surface area contributed by atoms with Gasteiger partial charge in [0, 0.05) is 22.8 Å². The van der Waals surface area contributed by atoms with Crippen LogP contribution in [0.2, 0.25) is 0 Å². The maximum atomic E-state index is 12.6. The van der Waals surface area contributed by atoms with Crippen molar-refractivity contribution in [3.8, 4) is 5.75 Å². The van der Waals surface area contributed by atoms with Crippen LogP contribution in [0.5, 0.6) is 5.75 Å². The van der Waals surface area contributed by atoms with Crippen LogP contribution in [0, 0.1) is 5.92 Å². The van der Waals surface area contributed by atoms with Crippen LogP contribution in [-0.2, 0) is 4.79 Å². The molecule has 0 aliphatic carbocycles. The Hall–Kier alpha value is -2.27. The summed E-state index contributed by atoms with van der Waals surface area (Å²) in [5.74, 6) is 2.06. The number of hydrazone groups is 1. The predicted molar refractivity (Wildman–Crippen MR) is 96.9 cm³/mol. The molecule has 0 aromatic heterocycles. The molecule has 5 heteroatoms. The van der Waals surface area contributed by atoms with Crippen LogP contribution in [0.4, 0.5) is 5.69 Å². The third kappa shape index (κ3) is 2.69. The number of ether oxygens (including phenoxy) is 1. The Labute approximate surface area is 145 Å². The number of hydrogen-bond acceptors (Lipinski definition) is 4. The van der Waals surface area contributed by atoms with Gasteiger partial charge >= 0.3 is 0 Å². The molecule has 2 aromatic rings. The van der Waals surface area contributed by atoms with Gasteiger partial charge in [-0.2, -0.15) is 5.10 Å². The van der Waals surface area contributed by atoms with Gasteiger partial charge in [0.15, 0.2) is 0 Å². The first-order valence-electron chi connectivity index (χ1n) is 8.04. The van der Waals surface area contributed by atoms with Crippen LogP contribution in [-0.4, -0.2) is 24.5 Å². The number of rotatable bonds is 2. The molecule has 0 spiro atoms. The molecule has 0 saturated carbocycles. The van der Waals surface area contributed by atoms with E-state index in [1.54, 1.807) is 7.11 Å². The van der Waals surface area contributed by atoms with E-state index in [9.17, 15) is 4.79 Å². The van der Waals surface area contributed by atoms with Crippen molar-refractivity contribution < 1.29 is 9.53 Å². The van der Waals surface area contributed by atoms with E-state index in [4.69, 9.17) is 9.84 Å². The van der Waals surface area contributed by atoms with E-state index in [-0.39, 0.29) is 11.8 Å². The summed E-state index contributed by atoms with van der Waals surface area (Å²) in [5.41, 5.74) is 2.98. The van der Waals surface area contributed by atoms with Crippen LogP contribution in [0.3, 0.4) is 0 Å². The van der Waals surface area contributed by atoms with Crippen LogP contribution < -0.4 is 9.75 Å². The molecule has 0 saturated heterocycles. The molecule has 2 heterocycles. The van der Waals surface area contributed by atoms with Gasteiger partial charge in [-0.25, -0.2) is 5.01 Å². The fourth-order valence-corrected chi connectivity index (χ4v) is 4.32. The van der Waals surface area contributed by atoms with Crippen molar-refractivity contribution in [2.45, 2.75) is 17.7 Å². The van der Waals surface area contributed by atoms with Gasteiger partial charge in [-0.05, 0) is 42.5 Å². The zero-order chi connectivity index (χ0) is 16.5. The average Bonchev–Trinajstić information content (AvgIpc) is 2.80. The van der Waals surface area contributed by atoms with Gasteiger partial charge in [-0.1, -0.05) is 18.2 Å². The molecule has 1 unspecified atom stereocenters. The standard InChI is InChI=1S/C19H18N2O2S/c1-23-15-8-6-14(7-9-15)21-18(22)12-13-10-11-24-17-5-3-2-4-16(17)19(13)20-21/h2-9,13H,10-12H2,1H3. The summed E-state index contributed by atoms with van der Waals surface area (Å²) in [7, 11) is 1.63. The Balaban J connectivity index is 1.77. The molecule has 1 amide bonds. The molecule has 4 rings (SSSR count). The molecular weight excluding hydrogens is 320 g/mol. The number of fused-ring (bicyclic) bond motifs is 3. The summed E-state index contributed by atoms with van der Waals surface area (Å²) in [6.45, 7) is 0. The molecule has 0 bridgehead atoms. The van der Waals surface area contributed by atoms with Crippen LogP contribution in [0.25, 0.3) is 0 Å². The second kappa shape index (κ2) is 6.32. The number of benzene rings is 2. The molecule has 0 fully saturated rings. The van der Waals surface area contributed by atoms with E-state index in [1.807, 2.05) is 42.1 Å². The number of nitrogens with zero attached hydrogens (tertiary/aromatic N) is 2. The minimum absolute atomic E-state index is 0.0540. The fraction of sp³-hybridized carbons (Fsp3) is 0.263. The van der Waals surface area contributed by atoms with Gasteiger partial charge in [-0.3, -0.25) is 4.79 Å². The van der Waals surface area contributed by atoms with E-state index >= 15 is 0 Å². The number of thioether (sulfide) groups is 1. The highest BCUT2D eigenvalue weighted by atomic mass is 32.2. The molecule has 1 atom stereocenters. The second-order valence-corrected chi connectivity index (χ2v) is 7.06. The van der Waals surface area contributed by atoms with Crippen molar-refractivity contribution >= 4 is 29.1 Å². The van der Waals surface area contributed by atoms with Crippen LogP contribution in [0.1, 0.15) is 18.4 Å². The summed E-state index contributed by atoms with van der Waals surface area (Å²) in [6, 6.07) is 15.8. The largest absolute Gasteiger partial charge is 0.497 e. The van der Waals surface area contributed by atoms with Gasteiger partial charge in [0.25, 0.3) is 0 Å². The van der Waals surface area contributed by atoms with Crippen molar-refractivity contribution in [2.24, 2.45) is 11.0 Å². The Bertz CT molecular complexity index is 801. The summed E-state index contributed by atoms with van der Waals surface area (Å²) < 4.78 is 5.19. The number of anilines is 1. The Morgan fingerprint density at radius 2 is 1.96 bits per heavy atom. The highest BCUT2D eigenvalue weighted by molar-refractivity contribution is 7.99. The first-order chi connectivity index (χ1) is 11.8. The van der Waals surface area contributed by atoms with Crippen molar-refractivity contribution in [2.75, 3.05) is 17.9 Å². The van der Waals surface area contributed by atoms with E-state index in [2.05, 4.69) is 18.2 Å². The lowest BCUT2D eigenvalue weighted by Crippen LogP contribution is -2.37. The fourth-order valence-electron chi connectivity index (χ4n) is 3.19.